The van der Waals surface area contributed by atoms with Crippen molar-refractivity contribution in [2.45, 2.75) is 6.04 Å². The lowest BCUT2D eigenvalue weighted by atomic mass is 10.2. The summed E-state index contributed by atoms with van der Waals surface area (Å²) in [5, 5.41) is 9.28. The number of methoxy groups -OCH3 is 1. The molecule has 104 valence electrons. The number of ether oxygens (including phenoxy) is 1. The van der Waals surface area contributed by atoms with E-state index in [1.807, 2.05) is 17.5 Å². The Labute approximate surface area is 128 Å². The minimum Gasteiger partial charge on any atom is -0.480 e. The van der Waals surface area contributed by atoms with Gasteiger partial charge in [0.15, 0.2) is 5.84 Å². The van der Waals surface area contributed by atoms with E-state index in [0.717, 1.165) is 10.2 Å². The smallest absolute Gasteiger partial charge is 0.228 e. The lowest BCUT2D eigenvalue weighted by Gasteiger charge is -2.22. The lowest BCUT2D eigenvalue weighted by molar-refractivity contribution is 0.108. The molecule has 0 saturated carbocycles. The highest BCUT2D eigenvalue weighted by atomic mass is 79.9. The molecule has 0 spiro atoms. The summed E-state index contributed by atoms with van der Waals surface area (Å²) >= 11 is 4.92. The molecular formula is C12H11BrN4O2S. The van der Waals surface area contributed by atoms with Gasteiger partial charge in [0, 0.05) is 5.38 Å². The molecule has 8 heteroatoms. The molecule has 20 heavy (non-hydrogen) atoms. The van der Waals surface area contributed by atoms with Gasteiger partial charge in [0.2, 0.25) is 5.88 Å². The third kappa shape index (κ3) is 2.61. The molecule has 0 fully saturated rings. The van der Waals surface area contributed by atoms with E-state index in [-0.39, 0.29) is 6.04 Å². The van der Waals surface area contributed by atoms with Crippen LogP contribution < -0.4 is 10.1 Å². The first kappa shape index (κ1) is 13.3. The summed E-state index contributed by atoms with van der Waals surface area (Å²) in [6.45, 7) is 0.445. The number of thiazole rings is 1. The number of hydrogen-bond acceptors (Lipinski definition) is 7. The number of halogens is 1. The Morgan fingerprint density at radius 1 is 1.50 bits per heavy atom. The van der Waals surface area contributed by atoms with Crippen molar-refractivity contribution >= 4 is 33.1 Å². The van der Waals surface area contributed by atoms with Crippen LogP contribution in [-0.4, -0.2) is 29.5 Å². The predicted molar refractivity (Wildman–Crippen MR) is 79.0 cm³/mol. The van der Waals surface area contributed by atoms with Crippen LogP contribution in [0.25, 0.3) is 0 Å². The molecular weight excluding hydrogens is 344 g/mol. The molecule has 0 amide bonds. The lowest BCUT2D eigenvalue weighted by Crippen LogP contribution is -2.36. The summed E-state index contributed by atoms with van der Waals surface area (Å²) in [7, 11) is 1.57. The number of nitrogens with zero attached hydrogens (tertiary/aromatic N) is 3. The van der Waals surface area contributed by atoms with Gasteiger partial charge in [-0.2, -0.15) is 0 Å². The minimum absolute atomic E-state index is 0.0230. The van der Waals surface area contributed by atoms with Crippen molar-refractivity contribution in [2.24, 2.45) is 5.16 Å². The Bertz CT molecular complexity index is 632. The first-order valence-corrected chi connectivity index (χ1v) is 7.57. The van der Waals surface area contributed by atoms with Crippen molar-refractivity contribution in [1.29, 1.82) is 0 Å². The predicted octanol–water partition coefficient (Wildman–Crippen LogP) is 2.33. The van der Waals surface area contributed by atoms with Gasteiger partial charge in [-0.25, -0.2) is 9.97 Å². The average molecular weight is 355 g/mol. The Hall–Kier alpha value is -1.67. The van der Waals surface area contributed by atoms with E-state index in [4.69, 9.17) is 9.57 Å². The highest BCUT2D eigenvalue weighted by molar-refractivity contribution is 9.10. The maximum Gasteiger partial charge on any atom is 0.228 e. The van der Waals surface area contributed by atoms with Crippen molar-refractivity contribution in [2.75, 3.05) is 13.7 Å². The molecule has 0 aliphatic carbocycles. The molecule has 1 atom stereocenters. The molecule has 1 aliphatic rings. The van der Waals surface area contributed by atoms with E-state index < -0.39 is 0 Å². The van der Waals surface area contributed by atoms with Crippen molar-refractivity contribution in [3.05, 3.63) is 38.9 Å². The molecule has 0 aromatic carbocycles. The van der Waals surface area contributed by atoms with E-state index in [0.29, 0.717) is 24.0 Å². The Morgan fingerprint density at radius 3 is 3.15 bits per heavy atom. The summed E-state index contributed by atoms with van der Waals surface area (Å²) in [4.78, 5) is 13.9. The summed E-state index contributed by atoms with van der Waals surface area (Å²) in [5.74, 6) is 1.07. The minimum atomic E-state index is -0.0230. The Kier molecular flexibility index (Phi) is 3.83. The summed E-state index contributed by atoms with van der Waals surface area (Å²) in [6, 6.07) is 3.67. The molecule has 3 rings (SSSR count). The molecule has 0 saturated heterocycles. The normalized spacial score (nSPS) is 17.9. The van der Waals surface area contributed by atoms with Crippen molar-refractivity contribution < 1.29 is 9.57 Å². The zero-order valence-corrected chi connectivity index (χ0v) is 12.9. The molecule has 6 nitrogen and oxygen atoms in total. The second-order valence-corrected chi connectivity index (χ2v) is 5.61. The highest BCUT2D eigenvalue weighted by Gasteiger charge is 2.22. The molecule has 1 N–H and O–H groups in total. The topological polar surface area (TPSA) is 68.6 Å². The molecule has 0 radical (unpaired) electrons. The quantitative estimate of drug-likeness (QED) is 0.915. The van der Waals surface area contributed by atoms with E-state index in [1.54, 1.807) is 24.0 Å². The molecule has 2 aromatic heterocycles. The van der Waals surface area contributed by atoms with E-state index in [1.165, 1.54) is 0 Å². The van der Waals surface area contributed by atoms with Crippen LogP contribution in [0.4, 0.5) is 0 Å². The maximum atomic E-state index is 5.27. The average Bonchev–Trinajstić information content (AvgIpc) is 3.02. The van der Waals surface area contributed by atoms with Crippen molar-refractivity contribution in [3.63, 3.8) is 0 Å². The van der Waals surface area contributed by atoms with E-state index in [2.05, 4.69) is 36.4 Å². The maximum absolute atomic E-state index is 5.27. The van der Waals surface area contributed by atoms with Gasteiger partial charge >= 0.3 is 0 Å². The van der Waals surface area contributed by atoms with Gasteiger partial charge in [-0.15, -0.1) is 11.3 Å². The second kappa shape index (κ2) is 5.76. The second-order valence-electron chi connectivity index (χ2n) is 4.03. The number of hydrogen-bond donors (Lipinski definition) is 1. The van der Waals surface area contributed by atoms with Crippen LogP contribution in [0.3, 0.4) is 0 Å². The first-order valence-electron chi connectivity index (χ1n) is 5.83. The zero-order chi connectivity index (χ0) is 13.9. The fourth-order valence-corrected chi connectivity index (χ4v) is 2.77. The molecule has 3 heterocycles. The third-order valence-electron chi connectivity index (χ3n) is 2.77. The monoisotopic (exact) mass is 354 g/mol. The Balaban J connectivity index is 1.85. The standard InChI is InChI=1S/C12H11BrN4O2S/c1-18-12-7(13)2-3-8(16-12)11-15-9(4-19-17-11)10-5-20-6-14-10/h2-3,5-6,9H,4H2,1H3,(H,15,17). The van der Waals surface area contributed by atoms with Crippen molar-refractivity contribution in [3.8, 4) is 5.88 Å². The molecule has 1 aliphatic heterocycles. The van der Waals surface area contributed by atoms with Crippen LogP contribution in [0.5, 0.6) is 5.88 Å². The van der Waals surface area contributed by atoms with Crippen LogP contribution in [0.2, 0.25) is 0 Å². The van der Waals surface area contributed by atoms with Gasteiger partial charge in [-0.3, -0.25) is 0 Å². The van der Waals surface area contributed by atoms with Gasteiger partial charge in [0.1, 0.15) is 18.3 Å². The van der Waals surface area contributed by atoms with Gasteiger partial charge in [-0.1, -0.05) is 5.16 Å². The Morgan fingerprint density at radius 2 is 2.40 bits per heavy atom. The molecule has 1 unspecified atom stereocenters. The van der Waals surface area contributed by atoms with Crippen LogP contribution in [0, 0.1) is 0 Å². The SMILES string of the molecule is COc1nc(C2=NOCC(c3cscn3)N2)ccc1Br. The highest BCUT2D eigenvalue weighted by Crippen LogP contribution is 2.23. The number of amidine groups is 1. The summed E-state index contributed by atoms with van der Waals surface area (Å²) in [6.07, 6.45) is 0. The number of aromatic nitrogens is 2. The van der Waals surface area contributed by atoms with Crippen LogP contribution in [0.1, 0.15) is 17.4 Å². The zero-order valence-electron chi connectivity index (χ0n) is 10.5. The van der Waals surface area contributed by atoms with E-state index in [9.17, 15) is 0 Å². The van der Waals surface area contributed by atoms with Gasteiger partial charge in [0.25, 0.3) is 0 Å². The number of nitrogens with one attached hydrogen (secondary N) is 1. The van der Waals surface area contributed by atoms with Gasteiger partial charge in [-0.05, 0) is 28.1 Å². The van der Waals surface area contributed by atoms with E-state index >= 15 is 0 Å². The summed E-state index contributed by atoms with van der Waals surface area (Å²) in [5.41, 5.74) is 3.39. The van der Waals surface area contributed by atoms with Gasteiger partial charge < -0.3 is 14.9 Å². The summed E-state index contributed by atoms with van der Waals surface area (Å²) < 4.78 is 5.97. The van der Waals surface area contributed by atoms with Crippen LogP contribution in [0.15, 0.2) is 32.7 Å². The molecule has 0 bridgehead atoms. The number of oxime groups is 1. The van der Waals surface area contributed by atoms with Crippen LogP contribution >= 0.6 is 27.3 Å². The fourth-order valence-electron chi connectivity index (χ4n) is 1.78. The largest absolute Gasteiger partial charge is 0.480 e. The molecule has 2 aromatic rings. The number of rotatable bonds is 3. The number of pyridine rings is 1. The first-order chi connectivity index (χ1) is 9.78. The third-order valence-corrected chi connectivity index (χ3v) is 3.97. The van der Waals surface area contributed by atoms with Gasteiger partial charge in [0.05, 0.1) is 22.8 Å². The van der Waals surface area contributed by atoms with Crippen molar-refractivity contribution in [1.82, 2.24) is 15.3 Å². The van der Waals surface area contributed by atoms with Crippen LogP contribution in [-0.2, 0) is 4.84 Å². The fraction of sp³-hybridized carbons (Fsp3) is 0.250.